The first-order chi connectivity index (χ1) is 20.6. The summed E-state index contributed by atoms with van der Waals surface area (Å²) in [6.07, 6.45) is 1.41. The highest BCUT2D eigenvalue weighted by Crippen LogP contribution is 2.46. The molecule has 3 heterocycles. The number of rotatable bonds is 6. The monoisotopic (exact) mass is 623 g/mol. The summed E-state index contributed by atoms with van der Waals surface area (Å²) in [5.74, 6) is -0.0455. The standard InChI is InChI=1S/C31H31Cl2N5O5/c1-36-15-21(30(41)37(2)31(36)42)28(40)34-22-9-5-7-19(27(22)33)18-6-4-8-20(26(18)32)23-12-16-10-11-24(38-13-17(39)14-38)25(16)29(35-23)43-3/h4-9,12,15,17,24,30,39,41H,10-11,13-14H2,1-3H3,(H,34,40). The van der Waals surface area contributed by atoms with Gasteiger partial charge in [-0.05, 0) is 30.5 Å². The molecule has 12 heteroatoms. The quantitative estimate of drug-likeness (QED) is 0.369. The number of pyridine rings is 1. The Hall–Kier alpha value is -3.67. The number of benzene rings is 2. The Morgan fingerprint density at radius 3 is 2.42 bits per heavy atom. The molecule has 1 fully saturated rings. The number of hydrogen-bond donors (Lipinski definition) is 3. The van der Waals surface area contributed by atoms with Gasteiger partial charge in [-0.1, -0.05) is 53.5 Å². The minimum absolute atomic E-state index is 0.00439. The first kappa shape index (κ1) is 29.4. The number of aromatic nitrogens is 1. The number of halogens is 2. The lowest BCUT2D eigenvalue weighted by Gasteiger charge is -2.40. The minimum Gasteiger partial charge on any atom is -0.481 e. The number of hydrogen-bond acceptors (Lipinski definition) is 7. The SMILES string of the molecule is COc1nc(-c2cccc(-c3cccc(NC(=O)C4=CN(C)C(=O)N(C)C4O)c3Cl)c2Cl)cc2c1C(N1CC(O)C1)CC2. The fourth-order valence-electron chi connectivity index (χ4n) is 6.02. The maximum Gasteiger partial charge on any atom is 0.325 e. The molecule has 2 aliphatic heterocycles. The molecule has 3 aromatic rings. The number of carbonyl (C=O) groups excluding carboxylic acids is 2. The van der Waals surface area contributed by atoms with Crippen LogP contribution in [0.2, 0.25) is 10.0 Å². The van der Waals surface area contributed by atoms with Crippen LogP contribution in [0.5, 0.6) is 5.88 Å². The Morgan fingerprint density at radius 2 is 1.72 bits per heavy atom. The van der Waals surface area contributed by atoms with Gasteiger partial charge in [-0.15, -0.1) is 0 Å². The van der Waals surface area contributed by atoms with Crippen LogP contribution in [-0.4, -0.2) is 88.5 Å². The van der Waals surface area contributed by atoms with E-state index in [-0.39, 0.29) is 22.7 Å². The Bertz CT molecular complexity index is 1660. The molecule has 6 rings (SSSR count). The van der Waals surface area contributed by atoms with E-state index < -0.39 is 18.2 Å². The molecule has 0 saturated carbocycles. The number of ether oxygens (including phenoxy) is 1. The van der Waals surface area contributed by atoms with Crippen LogP contribution >= 0.6 is 23.2 Å². The van der Waals surface area contributed by atoms with Gasteiger partial charge in [0.15, 0.2) is 6.23 Å². The van der Waals surface area contributed by atoms with Gasteiger partial charge < -0.3 is 25.2 Å². The van der Waals surface area contributed by atoms with Crippen molar-refractivity contribution in [1.82, 2.24) is 19.7 Å². The second kappa shape index (κ2) is 11.4. The summed E-state index contributed by atoms with van der Waals surface area (Å²) in [5.41, 5.74) is 5.16. The van der Waals surface area contributed by atoms with Crippen LogP contribution in [0.25, 0.3) is 22.4 Å². The Morgan fingerprint density at radius 1 is 1.05 bits per heavy atom. The van der Waals surface area contributed by atoms with E-state index in [1.165, 1.54) is 25.2 Å². The lowest BCUT2D eigenvalue weighted by Crippen LogP contribution is -2.51. The van der Waals surface area contributed by atoms with Crippen molar-refractivity contribution < 1.29 is 24.5 Å². The third kappa shape index (κ3) is 5.13. The molecule has 0 radical (unpaired) electrons. The summed E-state index contributed by atoms with van der Waals surface area (Å²) in [6, 6.07) is 12.6. The van der Waals surface area contributed by atoms with Gasteiger partial charge in [-0.25, -0.2) is 9.78 Å². The van der Waals surface area contributed by atoms with E-state index in [2.05, 4.69) is 16.3 Å². The maximum atomic E-state index is 13.1. The van der Waals surface area contributed by atoms with Gasteiger partial charge in [-0.2, -0.15) is 0 Å². The van der Waals surface area contributed by atoms with Crippen molar-refractivity contribution >= 4 is 40.8 Å². The number of β-amino-alcohol motifs (C(OH)–C–C–N with tert-alkyl or cyclic N) is 1. The predicted molar refractivity (Wildman–Crippen MR) is 164 cm³/mol. The van der Waals surface area contributed by atoms with E-state index >= 15 is 0 Å². The molecule has 43 heavy (non-hydrogen) atoms. The number of aliphatic hydroxyl groups is 2. The van der Waals surface area contributed by atoms with Gasteiger partial charge in [-0.3, -0.25) is 14.6 Å². The van der Waals surface area contributed by atoms with E-state index in [9.17, 15) is 19.8 Å². The molecule has 0 spiro atoms. The first-order valence-electron chi connectivity index (χ1n) is 13.9. The highest BCUT2D eigenvalue weighted by molar-refractivity contribution is 6.39. The largest absolute Gasteiger partial charge is 0.481 e. The number of anilines is 1. The molecule has 3 N–H and O–H groups in total. The number of nitrogens with one attached hydrogen (secondary N) is 1. The molecule has 2 atom stereocenters. The van der Waals surface area contributed by atoms with Gasteiger partial charge in [0.25, 0.3) is 5.91 Å². The van der Waals surface area contributed by atoms with Crippen molar-refractivity contribution in [2.75, 3.05) is 39.6 Å². The van der Waals surface area contributed by atoms with Gasteiger partial charge in [0.1, 0.15) is 0 Å². The summed E-state index contributed by atoms with van der Waals surface area (Å²) in [7, 11) is 4.52. The Kier molecular flexibility index (Phi) is 7.82. The minimum atomic E-state index is -1.40. The average molecular weight is 625 g/mol. The number of fused-ring (bicyclic) bond motifs is 1. The molecule has 3 amide bonds. The molecule has 10 nitrogen and oxygen atoms in total. The Labute approximate surface area is 259 Å². The lowest BCUT2D eigenvalue weighted by atomic mass is 9.98. The summed E-state index contributed by atoms with van der Waals surface area (Å²) in [6.45, 7) is 1.30. The van der Waals surface area contributed by atoms with Crippen molar-refractivity contribution in [3.63, 3.8) is 0 Å². The molecule has 2 aromatic carbocycles. The second-order valence-corrected chi connectivity index (χ2v) is 11.8. The number of likely N-dealkylation sites (N-methyl/N-ethyl adjacent to an activating group) is 1. The van der Waals surface area contributed by atoms with Crippen LogP contribution < -0.4 is 10.1 Å². The average Bonchev–Trinajstić information content (AvgIpc) is 3.40. The van der Waals surface area contributed by atoms with Crippen LogP contribution in [0.15, 0.2) is 54.2 Å². The van der Waals surface area contributed by atoms with E-state index in [0.717, 1.165) is 28.9 Å². The third-order valence-corrected chi connectivity index (χ3v) is 9.12. The molecule has 0 bridgehead atoms. The predicted octanol–water partition coefficient (Wildman–Crippen LogP) is 4.53. The van der Waals surface area contributed by atoms with Crippen LogP contribution in [0.1, 0.15) is 23.6 Å². The van der Waals surface area contributed by atoms with E-state index in [1.807, 2.05) is 18.2 Å². The second-order valence-electron chi connectivity index (χ2n) is 11.0. The summed E-state index contributed by atoms with van der Waals surface area (Å²) in [5, 5.41) is 23.8. The molecule has 1 saturated heterocycles. The molecular weight excluding hydrogens is 593 g/mol. The zero-order chi connectivity index (χ0) is 30.6. The highest BCUT2D eigenvalue weighted by atomic mass is 35.5. The number of amides is 3. The fraction of sp³-hybridized carbons (Fsp3) is 0.323. The smallest absolute Gasteiger partial charge is 0.325 e. The van der Waals surface area contributed by atoms with Crippen LogP contribution in [0.4, 0.5) is 10.5 Å². The number of carbonyl (C=O) groups is 2. The van der Waals surface area contributed by atoms with Crippen LogP contribution in [-0.2, 0) is 11.2 Å². The Balaban J connectivity index is 1.32. The molecular formula is C31H31Cl2N5O5. The summed E-state index contributed by atoms with van der Waals surface area (Å²) >= 11 is 13.8. The lowest BCUT2D eigenvalue weighted by molar-refractivity contribution is -0.114. The topological polar surface area (TPSA) is 118 Å². The van der Waals surface area contributed by atoms with Crippen LogP contribution in [0, 0.1) is 0 Å². The molecule has 1 aromatic heterocycles. The van der Waals surface area contributed by atoms with E-state index in [4.69, 9.17) is 32.9 Å². The van der Waals surface area contributed by atoms with Crippen molar-refractivity contribution in [3.8, 4) is 28.3 Å². The number of likely N-dealkylation sites (tertiary alicyclic amines) is 1. The van der Waals surface area contributed by atoms with Gasteiger partial charge in [0.05, 0.1) is 40.2 Å². The summed E-state index contributed by atoms with van der Waals surface area (Å²) < 4.78 is 5.75. The number of nitrogens with zero attached hydrogens (tertiary/aromatic N) is 4. The highest BCUT2D eigenvalue weighted by Gasteiger charge is 2.38. The fourth-order valence-corrected chi connectivity index (χ4v) is 6.62. The number of aryl methyl sites for hydroxylation is 1. The van der Waals surface area contributed by atoms with Crippen molar-refractivity contribution in [2.24, 2.45) is 0 Å². The normalized spacial score (nSPS) is 20.5. The zero-order valence-corrected chi connectivity index (χ0v) is 25.4. The number of urea groups is 1. The van der Waals surface area contributed by atoms with E-state index in [1.54, 1.807) is 25.3 Å². The first-order valence-corrected chi connectivity index (χ1v) is 14.6. The summed E-state index contributed by atoms with van der Waals surface area (Å²) in [4.78, 5) is 34.6. The maximum absolute atomic E-state index is 13.1. The van der Waals surface area contributed by atoms with Crippen molar-refractivity contribution in [3.05, 3.63) is 75.4 Å². The van der Waals surface area contributed by atoms with Gasteiger partial charge >= 0.3 is 6.03 Å². The van der Waals surface area contributed by atoms with Crippen molar-refractivity contribution in [2.45, 2.75) is 31.2 Å². The van der Waals surface area contributed by atoms with Gasteiger partial charge in [0.2, 0.25) is 5.88 Å². The van der Waals surface area contributed by atoms with E-state index in [0.29, 0.717) is 52.1 Å². The van der Waals surface area contributed by atoms with Crippen LogP contribution in [0.3, 0.4) is 0 Å². The third-order valence-electron chi connectivity index (χ3n) is 8.31. The zero-order valence-electron chi connectivity index (χ0n) is 23.8. The van der Waals surface area contributed by atoms with Gasteiger partial charge in [0, 0.05) is 61.7 Å². The number of methoxy groups -OCH3 is 1. The molecule has 224 valence electrons. The molecule has 1 aliphatic carbocycles. The molecule has 3 aliphatic rings. The van der Waals surface area contributed by atoms with Crippen molar-refractivity contribution in [1.29, 1.82) is 0 Å². The number of aliphatic hydroxyl groups excluding tert-OH is 2. The molecule has 2 unspecified atom stereocenters.